The van der Waals surface area contributed by atoms with Gasteiger partial charge in [0.25, 0.3) is 0 Å². The third-order valence-electron chi connectivity index (χ3n) is 2.05. The first kappa shape index (κ1) is 14.0. The number of nitrogens with zero attached hydrogens (tertiary/aromatic N) is 2. The Bertz CT molecular complexity index is 163. The van der Waals surface area contributed by atoms with Crippen LogP contribution in [0.4, 0.5) is 0 Å². The van der Waals surface area contributed by atoms with Gasteiger partial charge in [-0.05, 0) is 0 Å². The fraction of sp³-hybridized carbons (Fsp3) is 0.857. The van der Waals surface area contributed by atoms with Gasteiger partial charge in [-0.2, -0.15) is 0 Å². The van der Waals surface area contributed by atoms with Crippen LogP contribution in [-0.2, 0) is 12.6 Å². The molecular weight excluding hydrogens is 215 g/mol. The first-order valence-corrected chi connectivity index (χ1v) is 4.85. The summed E-state index contributed by atoms with van der Waals surface area (Å²) in [4.78, 5) is 4.24. The molecule has 0 bridgehead atoms. The fourth-order valence-electron chi connectivity index (χ4n) is 1.30. The Morgan fingerprint density at radius 2 is 1.85 bits per heavy atom. The molecule has 3 nitrogen and oxygen atoms in total. The smallest absolute Gasteiger partial charge is 0.411 e. The third-order valence-corrected chi connectivity index (χ3v) is 2.56. The number of hydrogen-bond acceptors (Lipinski definition) is 4. The number of aliphatic hydroxyl groups is 1. The number of hydrogen-bond donors (Lipinski definition) is 1. The zero-order valence-electron chi connectivity index (χ0n) is 7.90. The van der Waals surface area contributed by atoms with E-state index in [9.17, 15) is 0 Å². The molecule has 0 aromatic heterocycles. The Morgan fingerprint density at radius 1 is 1.31 bits per heavy atom. The van der Waals surface area contributed by atoms with Gasteiger partial charge in [0.1, 0.15) is 0 Å². The largest absolute Gasteiger partial charge is 1.00 e. The molecule has 0 spiro atoms. The minimum atomic E-state index is 0. The van der Waals surface area contributed by atoms with Crippen molar-refractivity contribution in [3.05, 3.63) is 0 Å². The molecule has 1 saturated heterocycles. The number of thiocarbonyl (C=S) groups is 1. The normalized spacial score (nSPS) is 18.1. The van der Waals surface area contributed by atoms with Crippen molar-refractivity contribution in [1.82, 2.24) is 9.80 Å². The van der Waals surface area contributed by atoms with Crippen LogP contribution in [-0.4, -0.2) is 58.6 Å². The van der Waals surface area contributed by atoms with Gasteiger partial charge < -0.3 is 34.9 Å². The molecule has 1 rings (SSSR count). The molecular formula is C7H13N2NaOS2. The van der Waals surface area contributed by atoms with Crippen LogP contribution in [0.5, 0.6) is 0 Å². The SMILES string of the molecule is OCCN1CCN(C(=S)[S-])CC1.[Na+]. The van der Waals surface area contributed by atoms with Gasteiger partial charge in [0, 0.05) is 32.7 Å². The van der Waals surface area contributed by atoms with E-state index in [1.54, 1.807) is 0 Å². The van der Waals surface area contributed by atoms with Crippen molar-refractivity contribution in [3.8, 4) is 0 Å². The van der Waals surface area contributed by atoms with Gasteiger partial charge in [-0.25, -0.2) is 0 Å². The molecule has 0 aromatic rings. The summed E-state index contributed by atoms with van der Waals surface area (Å²) in [5, 5.41) is 8.69. The summed E-state index contributed by atoms with van der Waals surface area (Å²) in [5.74, 6) is 0. The summed E-state index contributed by atoms with van der Waals surface area (Å²) in [7, 11) is 0. The van der Waals surface area contributed by atoms with E-state index in [-0.39, 0.29) is 36.2 Å². The maximum absolute atomic E-state index is 8.69. The third kappa shape index (κ3) is 4.88. The van der Waals surface area contributed by atoms with Crippen LogP contribution >= 0.6 is 12.2 Å². The Labute approximate surface area is 112 Å². The van der Waals surface area contributed by atoms with Crippen LogP contribution in [0, 0.1) is 0 Å². The van der Waals surface area contributed by atoms with Crippen molar-refractivity contribution < 1.29 is 34.7 Å². The van der Waals surface area contributed by atoms with Gasteiger partial charge >= 0.3 is 29.6 Å². The Balaban J connectivity index is 0.00000144. The number of piperazine rings is 1. The zero-order chi connectivity index (χ0) is 8.97. The molecule has 70 valence electrons. The van der Waals surface area contributed by atoms with Crippen molar-refractivity contribution >= 4 is 29.2 Å². The topological polar surface area (TPSA) is 26.7 Å². The Morgan fingerprint density at radius 3 is 2.23 bits per heavy atom. The maximum Gasteiger partial charge on any atom is 1.00 e. The van der Waals surface area contributed by atoms with Gasteiger partial charge in [-0.1, -0.05) is 4.32 Å². The summed E-state index contributed by atoms with van der Waals surface area (Å²) in [6.45, 7) is 4.72. The van der Waals surface area contributed by atoms with Crippen LogP contribution in [0.2, 0.25) is 0 Å². The first-order valence-electron chi connectivity index (χ1n) is 4.03. The molecule has 1 N–H and O–H groups in total. The van der Waals surface area contributed by atoms with Crippen molar-refractivity contribution in [2.24, 2.45) is 0 Å². The molecule has 6 heteroatoms. The molecule has 0 unspecified atom stereocenters. The minimum Gasteiger partial charge on any atom is -0.411 e. The van der Waals surface area contributed by atoms with Crippen LogP contribution in [0.1, 0.15) is 0 Å². The Kier molecular flexibility index (Phi) is 7.92. The number of β-amino-alcohol motifs (C(OH)–C–C–N with tert-alkyl or cyclic N) is 1. The second-order valence-corrected chi connectivity index (χ2v) is 3.85. The molecule has 0 saturated carbocycles. The van der Waals surface area contributed by atoms with Crippen LogP contribution in [0.15, 0.2) is 0 Å². The monoisotopic (exact) mass is 228 g/mol. The van der Waals surface area contributed by atoms with E-state index < -0.39 is 0 Å². The molecule has 0 radical (unpaired) electrons. The molecule has 1 heterocycles. The van der Waals surface area contributed by atoms with Crippen LogP contribution in [0.25, 0.3) is 0 Å². The van der Waals surface area contributed by atoms with Crippen molar-refractivity contribution in [2.75, 3.05) is 39.3 Å². The van der Waals surface area contributed by atoms with Gasteiger partial charge in [-0.15, -0.1) is 0 Å². The maximum atomic E-state index is 8.69. The van der Waals surface area contributed by atoms with Gasteiger partial charge in [-0.3, -0.25) is 4.90 Å². The van der Waals surface area contributed by atoms with E-state index in [1.807, 2.05) is 4.90 Å². The predicted octanol–water partition coefficient (Wildman–Crippen LogP) is -3.57. The van der Waals surface area contributed by atoms with Crippen molar-refractivity contribution in [1.29, 1.82) is 0 Å². The van der Waals surface area contributed by atoms with E-state index in [2.05, 4.69) is 4.90 Å². The molecule has 1 aliphatic heterocycles. The van der Waals surface area contributed by atoms with Gasteiger partial charge in [0.15, 0.2) is 0 Å². The summed E-state index contributed by atoms with van der Waals surface area (Å²) in [6.07, 6.45) is 0. The minimum absolute atomic E-state index is 0. The second kappa shape index (κ2) is 7.34. The van der Waals surface area contributed by atoms with E-state index >= 15 is 0 Å². The molecule has 13 heavy (non-hydrogen) atoms. The second-order valence-electron chi connectivity index (χ2n) is 2.82. The summed E-state index contributed by atoms with van der Waals surface area (Å²) in [5.41, 5.74) is 0. The standard InChI is InChI=1S/C7H14N2OS2.Na/c10-6-5-8-1-3-9(4-2-8)7(11)12;/h10H,1-6H2,(H,11,12);/q;+1/p-1. The summed E-state index contributed by atoms with van der Waals surface area (Å²) >= 11 is 9.78. The van der Waals surface area contributed by atoms with E-state index in [0.29, 0.717) is 4.32 Å². The van der Waals surface area contributed by atoms with Gasteiger partial charge in [0.2, 0.25) is 0 Å². The molecule has 0 aromatic carbocycles. The molecule has 0 amide bonds. The Hall–Kier alpha value is 1.03. The molecule has 0 atom stereocenters. The molecule has 1 aliphatic rings. The quantitative estimate of drug-likeness (QED) is 0.300. The zero-order valence-corrected chi connectivity index (χ0v) is 11.5. The van der Waals surface area contributed by atoms with Crippen molar-refractivity contribution in [2.45, 2.75) is 0 Å². The number of rotatable bonds is 2. The van der Waals surface area contributed by atoms with Crippen LogP contribution in [0.3, 0.4) is 0 Å². The predicted molar refractivity (Wildman–Crippen MR) is 55.1 cm³/mol. The average Bonchev–Trinajstić information content (AvgIpc) is 2.06. The average molecular weight is 228 g/mol. The van der Waals surface area contributed by atoms with Crippen LogP contribution < -0.4 is 29.6 Å². The molecule has 0 aliphatic carbocycles. The van der Waals surface area contributed by atoms with E-state index in [4.69, 9.17) is 30.0 Å². The van der Waals surface area contributed by atoms with E-state index in [0.717, 1.165) is 32.7 Å². The summed E-state index contributed by atoms with van der Waals surface area (Å²) in [6, 6.07) is 0. The fourth-order valence-corrected chi connectivity index (χ4v) is 1.66. The first-order chi connectivity index (χ1) is 5.74. The van der Waals surface area contributed by atoms with E-state index in [1.165, 1.54) is 0 Å². The van der Waals surface area contributed by atoms with Gasteiger partial charge in [0.05, 0.1) is 6.61 Å². The molecule has 1 fully saturated rings. The van der Waals surface area contributed by atoms with Crippen molar-refractivity contribution in [3.63, 3.8) is 0 Å². The number of aliphatic hydroxyl groups excluding tert-OH is 1. The summed E-state index contributed by atoms with van der Waals surface area (Å²) < 4.78 is 0.568.